The van der Waals surface area contributed by atoms with Crippen LogP contribution in [0, 0.1) is 0 Å². The van der Waals surface area contributed by atoms with Crippen molar-refractivity contribution < 1.29 is 4.74 Å². The van der Waals surface area contributed by atoms with E-state index in [1.54, 1.807) is 13.3 Å². The third kappa shape index (κ3) is 3.26. The Morgan fingerprint density at radius 1 is 1.00 bits per heavy atom. The third-order valence-electron chi connectivity index (χ3n) is 4.45. The molecule has 0 aliphatic carbocycles. The van der Waals surface area contributed by atoms with Crippen LogP contribution in [0.1, 0.15) is 11.1 Å². The van der Waals surface area contributed by atoms with Crippen LogP contribution in [0.4, 0.5) is 17.5 Å². The molecule has 4 rings (SSSR count). The maximum Gasteiger partial charge on any atom is 0.229 e. The summed E-state index contributed by atoms with van der Waals surface area (Å²) in [5.74, 6) is 2.27. The van der Waals surface area contributed by atoms with Crippen molar-refractivity contribution in [3.8, 4) is 5.75 Å². The zero-order chi connectivity index (χ0) is 17.1. The molecule has 0 saturated carbocycles. The molecule has 126 valence electrons. The summed E-state index contributed by atoms with van der Waals surface area (Å²) in [6.45, 7) is 1.84. The predicted molar refractivity (Wildman–Crippen MR) is 99.5 cm³/mol. The van der Waals surface area contributed by atoms with Gasteiger partial charge in [-0.1, -0.05) is 36.4 Å². The fourth-order valence-electron chi connectivity index (χ4n) is 3.15. The highest BCUT2D eigenvalue weighted by Gasteiger charge is 2.17. The molecule has 0 spiro atoms. The SMILES string of the molecule is COc1ccccc1Nc1nccc(N2CCc3ccccc3C2)n1. The van der Waals surface area contributed by atoms with Crippen LogP contribution >= 0.6 is 0 Å². The number of hydrogen-bond donors (Lipinski definition) is 1. The highest BCUT2D eigenvalue weighted by atomic mass is 16.5. The Labute approximate surface area is 147 Å². The molecule has 0 radical (unpaired) electrons. The second kappa shape index (κ2) is 6.81. The normalized spacial score (nSPS) is 13.2. The van der Waals surface area contributed by atoms with E-state index in [1.807, 2.05) is 30.3 Å². The van der Waals surface area contributed by atoms with E-state index >= 15 is 0 Å². The van der Waals surface area contributed by atoms with Crippen LogP contribution in [0.25, 0.3) is 0 Å². The third-order valence-corrected chi connectivity index (χ3v) is 4.45. The number of anilines is 3. The van der Waals surface area contributed by atoms with Crippen LogP contribution in [-0.4, -0.2) is 23.6 Å². The lowest BCUT2D eigenvalue weighted by molar-refractivity contribution is 0.417. The summed E-state index contributed by atoms with van der Waals surface area (Å²) in [6, 6.07) is 18.3. The van der Waals surface area contributed by atoms with E-state index in [2.05, 4.69) is 44.5 Å². The monoisotopic (exact) mass is 332 g/mol. The summed E-state index contributed by atoms with van der Waals surface area (Å²) < 4.78 is 5.37. The van der Waals surface area contributed by atoms with Gasteiger partial charge in [-0.3, -0.25) is 0 Å². The van der Waals surface area contributed by atoms with Crippen molar-refractivity contribution in [1.82, 2.24) is 9.97 Å². The molecule has 3 aromatic rings. The molecule has 0 fully saturated rings. The minimum absolute atomic E-state index is 0.570. The maximum atomic E-state index is 5.37. The predicted octanol–water partition coefficient (Wildman–Crippen LogP) is 3.79. The Bertz CT molecular complexity index is 881. The number of hydrogen-bond acceptors (Lipinski definition) is 5. The summed E-state index contributed by atoms with van der Waals surface area (Å²) in [4.78, 5) is 11.3. The van der Waals surface area contributed by atoms with Crippen LogP contribution in [-0.2, 0) is 13.0 Å². The van der Waals surface area contributed by atoms with E-state index in [0.717, 1.165) is 36.8 Å². The van der Waals surface area contributed by atoms with E-state index < -0.39 is 0 Å². The number of methoxy groups -OCH3 is 1. The number of benzene rings is 2. The first kappa shape index (κ1) is 15.4. The number of nitrogens with one attached hydrogen (secondary N) is 1. The Morgan fingerprint density at radius 3 is 2.68 bits per heavy atom. The maximum absolute atomic E-state index is 5.37. The van der Waals surface area contributed by atoms with Crippen molar-refractivity contribution in [2.75, 3.05) is 23.9 Å². The molecule has 1 aromatic heterocycles. The molecule has 2 aromatic carbocycles. The first-order valence-electron chi connectivity index (χ1n) is 8.38. The number of nitrogens with zero attached hydrogens (tertiary/aromatic N) is 3. The van der Waals surface area contributed by atoms with Crippen molar-refractivity contribution in [3.63, 3.8) is 0 Å². The van der Waals surface area contributed by atoms with E-state index in [1.165, 1.54) is 11.1 Å². The standard InChI is InChI=1S/C20H20N4O/c1-25-18-9-5-4-8-17(18)22-20-21-12-10-19(23-20)24-13-11-15-6-2-3-7-16(15)14-24/h2-10,12H,11,13-14H2,1H3,(H,21,22,23). The lowest BCUT2D eigenvalue weighted by atomic mass is 10.00. The van der Waals surface area contributed by atoms with Crippen LogP contribution in [0.15, 0.2) is 60.8 Å². The van der Waals surface area contributed by atoms with Crippen molar-refractivity contribution in [1.29, 1.82) is 0 Å². The van der Waals surface area contributed by atoms with Gasteiger partial charge in [0.05, 0.1) is 12.8 Å². The summed E-state index contributed by atoms with van der Waals surface area (Å²) in [6.07, 6.45) is 2.83. The molecule has 1 N–H and O–H groups in total. The van der Waals surface area contributed by atoms with Gasteiger partial charge in [0, 0.05) is 19.3 Å². The second-order valence-electron chi connectivity index (χ2n) is 6.00. The second-order valence-corrected chi connectivity index (χ2v) is 6.00. The average Bonchev–Trinajstić information content (AvgIpc) is 2.68. The lowest BCUT2D eigenvalue weighted by Crippen LogP contribution is -2.31. The van der Waals surface area contributed by atoms with Gasteiger partial charge in [0.1, 0.15) is 11.6 Å². The molecule has 0 bridgehead atoms. The van der Waals surface area contributed by atoms with Gasteiger partial charge in [0.25, 0.3) is 0 Å². The summed E-state index contributed by atoms with van der Waals surface area (Å²) >= 11 is 0. The van der Waals surface area contributed by atoms with Gasteiger partial charge in [-0.05, 0) is 35.7 Å². The van der Waals surface area contributed by atoms with Crippen LogP contribution in [0.3, 0.4) is 0 Å². The van der Waals surface area contributed by atoms with E-state index in [4.69, 9.17) is 4.74 Å². The van der Waals surface area contributed by atoms with Gasteiger partial charge in [0.2, 0.25) is 5.95 Å². The van der Waals surface area contributed by atoms with Crippen LogP contribution < -0.4 is 15.0 Å². The molecular weight excluding hydrogens is 312 g/mol. The van der Waals surface area contributed by atoms with Crippen molar-refractivity contribution in [2.24, 2.45) is 0 Å². The van der Waals surface area contributed by atoms with Gasteiger partial charge in [-0.2, -0.15) is 4.98 Å². The molecule has 5 nitrogen and oxygen atoms in total. The molecule has 0 amide bonds. The Morgan fingerprint density at radius 2 is 1.80 bits per heavy atom. The minimum Gasteiger partial charge on any atom is -0.495 e. The minimum atomic E-state index is 0.570. The van der Waals surface area contributed by atoms with Gasteiger partial charge in [-0.15, -0.1) is 0 Å². The molecule has 5 heteroatoms. The fraction of sp³-hybridized carbons (Fsp3) is 0.200. The molecule has 0 unspecified atom stereocenters. The Balaban J connectivity index is 1.56. The van der Waals surface area contributed by atoms with Crippen molar-refractivity contribution in [2.45, 2.75) is 13.0 Å². The Kier molecular flexibility index (Phi) is 4.21. The van der Waals surface area contributed by atoms with Crippen molar-refractivity contribution in [3.05, 3.63) is 71.9 Å². The van der Waals surface area contributed by atoms with Crippen molar-refractivity contribution >= 4 is 17.5 Å². The van der Waals surface area contributed by atoms with Gasteiger partial charge >= 0.3 is 0 Å². The number of rotatable bonds is 4. The molecule has 25 heavy (non-hydrogen) atoms. The van der Waals surface area contributed by atoms with E-state index in [9.17, 15) is 0 Å². The summed E-state index contributed by atoms with van der Waals surface area (Å²) in [5, 5.41) is 3.25. The first-order chi connectivity index (χ1) is 12.3. The highest BCUT2D eigenvalue weighted by Crippen LogP contribution is 2.27. The molecule has 2 heterocycles. The van der Waals surface area contributed by atoms with Gasteiger partial charge in [0.15, 0.2) is 0 Å². The van der Waals surface area contributed by atoms with E-state index in [-0.39, 0.29) is 0 Å². The largest absolute Gasteiger partial charge is 0.495 e. The Hall–Kier alpha value is -3.08. The average molecular weight is 332 g/mol. The van der Waals surface area contributed by atoms with Gasteiger partial charge < -0.3 is 15.0 Å². The van der Waals surface area contributed by atoms with Gasteiger partial charge in [-0.25, -0.2) is 4.98 Å². The lowest BCUT2D eigenvalue weighted by Gasteiger charge is -2.29. The van der Waals surface area contributed by atoms with Crippen LogP contribution in [0.2, 0.25) is 0 Å². The fourth-order valence-corrected chi connectivity index (χ4v) is 3.15. The molecule has 0 atom stereocenters. The molecule has 0 saturated heterocycles. The topological polar surface area (TPSA) is 50.3 Å². The molecule has 1 aliphatic heterocycles. The smallest absolute Gasteiger partial charge is 0.229 e. The number of para-hydroxylation sites is 2. The number of fused-ring (bicyclic) bond motifs is 1. The van der Waals surface area contributed by atoms with E-state index in [0.29, 0.717) is 5.95 Å². The number of aromatic nitrogens is 2. The highest BCUT2D eigenvalue weighted by molar-refractivity contribution is 5.63. The van der Waals surface area contributed by atoms with Crippen LogP contribution in [0.5, 0.6) is 5.75 Å². The first-order valence-corrected chi connectivity index (χ1v) is 8.38. The zero-order valence-corrected chi connectivity index (χ0v) is 14.1. The summed E-state index contributed by atoms with van der Waals surface area (Å²) in [5.41, 5.74) is 3.65. The quantitative estimate of drug-likeness (QED) is 0.788. The summed E-state index contributed by atoms with van der Waals surface area (Å²) in [7, 11) is 1.66. The molecule has 1 aliphatic rings. The molecular formula is C20H20N4O. The number of ether oxygens (including phenoxy) is 1. The zero-order valence-electron chi connectivity index (χ0n) is 14.1.